The second kappa shape index (κ2) is 3.50. The third-order valence-corrected chi connectivity index (χ3v) is 7.81. The van der Waals surface area contributed by atoms with E-state index in [9.17, 15) is 0 Å². The van der Waals surface area contributed by atoms with E-state index in [2.05, 4.69) is 20.8 Å². The molecule has 1 aliphatic heterocycles. The van der Waals surface area contributed by atoms with Crippen molar-refractivity contribution in [2.75, 3.05) is 0 Å². The van der Waals surface area contributed by atoms with Gasteiger partial charge in [0.1, 0.15) is 0 Å². The highest BCUT2D eigenvalue weighted by molar-refractivity contribution is 5.31. The Hall–Kier alpha value is -0.160. The summed E-state index contributed by atoms with van der Waals surface area (Å²) in [6, 6.07) is 0.198. The van der Waals surface area contributed by atoms with Crippen LogP contribution in [0, 0.1) is 16.7 Å². The monoisotopic (exact) mass is 294 g/mol. The smallest absolute Gasteiger partial charge is 0.164 e. The van der Waals surface area contributed by atoms with Gasteiger partial charge < -0.3 is 20.9 Å². The molecular weight excluding hydrogens is 264 g/mol. The van der Waals surface area contributed by atoms with Crippen molar-refractivity contribution < 1.29 is 9.47 Å². The Morgan fingerprint density at radius 3 is 2.38 bits per heavy atom. The van der Waals surface area contributed by atoms with Gasteiger partial charge in [0.25, 0.3) is 0 Å². The molecule has 120 valence electrons. The van der Waals surface area contributed by atoms with Gasteiger partial charge >= 0.3 is 0 Å². The molecular formula is C17H30N2O2. The van der Waals surface area contributed by atoms with E-state index in [1.165, 1.54) is 0 Å². The van der Waals surface area contributed by atoms with Crippen LogP contribution in [0.5, 0.6) is 0 Å². The van der Waals surface area contributed by atoms with Crippen molar-refractivity contribution in [1.29, 1.82) is 0 Å². The predicted molar refractivity (Wildman–Crippen MR) is 81.5 cm³/mol. The molecule has 0 radical (unpaired) electrons. The molecule has 0 aromatic carbocycles. The van der Waals surface area contributed by atoms with E-state index in [0.29, 0.717) is 5.92 Å². The number of hydrogen-bond donors (Lipinski definition) is 2. The second-order valence-corrected chi connectivity index (χ2v) is 9.25. The Morgan fingerprint density at radius 2 is 1.71 bits per heavy atom. The van der Waals surface area contributed by atoms with Crippen molar-refractivity contribution in [2.24, 2.45) is 28.2 Å². The van der Waals surface area contributed by atoms with Gasteiger partial charge in [-0.05, 0) is 57.8 Å². The minimum Gasteiger partial charge on any atom is -0.344 e. The van der Waals surface area contributed by atoms with E-state index in [1.807, 2.05) is 13.8 Å². The van der Waals surface area contributed by atoms with Crippen LogP contribution < -0.4 is 11.5 Å². The normalized spacial score (nSPS) is 59.9. The number of nitrogens with two attached hydrogens (primary N) is 2. The fraction of sp³-hybridized carbons (Fsp3) is 1.00. The molecule has 4 rings (SSSR count). The second-order valence-electron chi connectivity index (χ2n) is 9.25. The van der Waals surface area contributed by atoms with Gasteiger partial charge in [-0.1, -0.05) is 13.8 Å². The quantitative estimate of drug-likeness (QED) is 0.718. The zero-order chi connectivity index (χ0) is 15.5. The minimum absolute atomic E-state index is 0.0222. The maximum absolute atomic E-state index is 7.05. The summed E-state index contributed by atoms with van der Waals surface area (Å²) in [6.45, 7) is 11.0. The number of fused-ring (bicyclic) bond motifs is 3. The van der Waals surface area contributed by atoms with Gasteiger partial charge in [-0.2, -0.15) is 0 Å². The highest BCUT2D eigenvalue weighted by atomic mass is 16.8. The van der Waals surface area contributed by atoms with Gasteiger partial charge in [-0.3, -0.25) is 0 Å². The average Bonchev–Trinajstić information content (AvgIpc) is 2.79. The van der Waals surface area contributed by atoms with E-state index >= 15 is 0 Å². The molecule has 21 heavy (non-hydrogen) atoms. The highest BCUT2D eigenvalue weighted by Gasteiger charge is 2.79. The summed E-state index contributed by atoms with van der Waals surface area (Å²) in [4.78, 5) is 0. The lowest BCUT2D eigenvalue weighted by Gasteiger charge is -2.47. The molecule has 4 nitrogen and oxygen atoms in total. The predicted octanol–water partition coefficient (Wildman–Crippen LogP) is 2.15. The van der Waals surface area contributed by atoms with Crippen LogP contribution in [0.15, 0.2) is 0 Å². The maximum atomic E-state index is 7.05. The molecule has 0 amide bonds. The fourth-order valence-electron chi connectivity index (χ4n) is 6.75. The van der Waals surface area contributed by atoms with E-state index in [4.69, 9.17) is 20.9 Å². The number of hydrogen-bond acceptors (Lipinski definition) is 4. The first-order valence-corrected chi connectivity index (χ1v) is 8.41. The molecule has 6 atom stereocenters. The molecule has 3 saturated carbocycles. The molecule has 0 aromatic heterocycles. The number of rotatable bonds is 0. The summed E-state index contributed by atoms with van der Waals surface area (Å²) in [5.41, 5.74) is 13.2. The average molecular weight is 294 g/mol. The van der Waals surface area contributed by atoms with Crippen LogP contribution in [-0.4, -0.2) is 29.1 Å². The molecule has 2 bridgehead atoms. The third-order valence-electron chi connectivity index (χ3n) is 7.81. The summed E-state index contributed by atoms with van der Waals surface area (Å²) >= 11 is 0. The third kappa shape index (κ3) is 1.33. The standard InChI is InChI=1S/C17H30N2O2/c1-13(2)10-8-16(11(18)6-7-17(13,16)19)9-12-15(10,5)21-14(3,4)20-12/h10-12H,6-9,18-19H2,1-5H3/t10?,11-,12-,15+,16+,17+/m0/s1. The highest BCUT2D eigenvalue weighted by Crippen LogP contribution is 2.74. The van der Waals surface area contributed by atoms with Gasteiger partial charge in [0.05, 0.1) is 11.7 Å². The van der Waals surface area contributed by atoms with Crippen molar-refractivity contribution in [3.05, 3.63) is 0 Å². The van der Waals surface area contributed by atoms with Crippen LogP contribution >= 0.6 is 0 Å². The molecule has 0 aromatic rings. The van der Waals surface area contributed by atoms with E-state index in [0.717, 1.165) is 25.7 Å². The van der Waals surface area contributed by atoms with E-state index in [-0.39, 0.29) is 34.1 Å². The SMILES string of the molecule is CC1(C)O[C@H]2C[C@@]34CC(C(C)(C)[C@]3(N)CC[C@@H]4N)[C@@]2(C)O1. The molecule has 1 spiro atoms. The van der Waals surface area contributed by atoms with Gasteiger partial charge in [-0.25, -0.2) is 0 Å². The van der Waals surface area contributed by atoms with Crippen LogP contribution in [0.2, 0.25) is 0 Å². The van der Waals surface area contributed by atoms with Gasteiger partial charge in [0, 0.05) is 17.0 Å². The van der Waals surface area contributed by atoms with Gasteiger partial charge in [0.2, 0.25) is 0 Å². The summed E-state index contributed by atoms with van der Waals surface area (Å²) in [5, 5.41) is 0. The van der Waals surface area contributed by atoms with E-state index in [1.54, 1.807) is 0 Å². The lowest BCUT2D eigenvalue weighted by atomic mass is 9.63. The molecule has 4 fully saturated rings. The number of ether oxygens (including phenoxy) is 2. The molecule has 1 unspecified atom stereocenters. The van der Waals surface area contributed by atoms with Crippen molar-refractivity contribution in [3.63, 3.8) is 0 Å². The molecule has 4 heteroatoms. The van der Waals surface area contributed by atoms with Crippen molar-refractivity contribution in [3.8, 4) is 0 Å². The molecule has 4 N–H and O–H groups in total. The molecule has 4 aliphatic rings. The summed E-state index contributed by atoms with van der Waals surface area (Å²) in [5.74, 6) is -0.0989. The Balaban J connectivity index is 1.87. The Labute approximate surface area is 127 Å². The topological polar surface area (TPSA) is 70.5 Å². The van der Waals surface area contributed by atoms with Crippen LogP contribution in [0.1, 0.15) is 60.3 Å². The summed E-state index contributed by atoms with van der Waals surface area (Å²) in [6.07, 6.45) is 4.22. The Kier molecular flexibility index (Phi) is 2.41. The first-order chi connectivity index (χ1) is 9.49. The maximum Gasteiger partial charge on any atom is 0.164 e. The van der Waals surface area contributed by atoms with Crippen LogP contribution in [0.4, 0.5) is 0 Å². The Bertz CT molecular complexity index is 500. The lowest BCUT2D eigenvalue weighted by molar-refractivity contribution is -0.177. The molecule has 1 saturated heterocycles. The fourth-order valence-corrected chi connectivity index (χ4v) is 6.75. The first kappa shape index (κ1) is 14.4. The first-order valence-electron chi connectivity index (χ1n) is 8.41. The van der Waals surface area contributed by atoms with Crippen LogP contribution in [-0.2, 0) is 9.47 Å². The minimum atomic E-state index is -0.503. The zero-order valence-corrected chi connectivity index (χ0v) is 14.0. The van der Waals surface area contributed by atoms with Gasteiger partial charge in [-0.15, -0.1) is 0 Å². The van der Waals surface area contributed by atoms with Crippen LogP contribution in [0.25, 0.3) is 0 Å². The van der Waals surface area contributed by atoms with Crippen LogP contribution in [0.3, 0.4) is 0 Å². The van der Waals surface area contributed by atoms with Gasteiger partial charge in [0.15, 0.2) is 5.79 Å². The molecule has 3 aliphatic carbocycles. The van der Waals surface area contributed by atoms with E-state index < -0.39 is 5.79 Å². The van der Waals surface area contributed by atoms with Crippen molar-refractivity contribution >= 4 is 0 Å². The van der Waals surface area contributed by atoms with Crippen molar-refractivity contribution in [2.45, 2.75) is 89.4 Å². The zero-order valence-electron chi connectivity index (χ0n) is 14.0. The molecule has 1 heterocycles. The largest absolute Gasteiger partial charge is 0.344 e. The lowest BCUT2D eigenvalue weighted by Crippen LogP contribution is -2.60. The van der Waals surface area contributed by atoms with Crippen molar-refractivity contribution in [1.82, 2.24) is 0 Å². The Morgan fingerprint density at radius 1 is 1.05 bits per heavy atom. The summed E-state index contributed by atoms with van der Waals surface area (Å²) < 4.78 is 12.7. The summed E-state index contributed by atoms with van der Waals surface area (Å²) in [7, 11) is 0.